The molecule has 0 amide bonds. The molecule has 0 saturated heterocycles. The molecule has 0 aromatic rings. The van der Waals surface area contributed by atoms with Crippen LogP contribution in [0, 0.1) is 52.8 Å². The van der Waals surface area contributed by atoms with Gasteiger partial charge in [0.25, 0.3) is 0 Å². The lowest BCUT2D eigenvalue weighted by Crippen LogP contribution is -2.32. The second kappa shape index (κ2) is 9.77. The molecular formula is C31H50. The second-order valence-electron chi connectivity index (χ2n) is 13.1. The van der Waals surface area contributed by atoms with Crippen LogP contribution in [0.2, 0.25) is 0 Å². The Balaban J connectivity index is 1.20. The van der Waals surface area contributed by atoms with Crippen molar-refractivity contribution in [3.8, 4) is 0 Å². The summed E-state index contributed by atoms with van der Waals surface area (Å²) in [4.78, 5) is 0. The van der Waals surface area contributed by atoms with Crippen LogP contribution in [0.3, 0.4) is 0 Å². The number of fused-ring (bicyclic) bond motifs is 3. The molecule has 5 rings (SSSR count). The number of hydrogen-bond acceptors (Lipinski definition) is 0. The van der Waals surface area contributed by atoms with Crippen LogP contribution in [-0.4, -0.2) is 0 Å². The van der Waals surface area contributed by atoms with Crippen molar-refractivity contribution < 1.29 is 0 Å². The first-order chi connectivity index (χ1) is 15.1. The van der Waals surface area contributed by atoms with Crippen LogP contribution in [0.1, 0.15) is 117 Å². The van der Waals surface area contributed by atoms with Crippen molar-refractivity contribution in [3.05, 3.63) is 24.3 Å². The summed E-state index contributed by atoms with van der Waals surface area (Å²) in [7, 11) is 0. The Kier molecular flexibility index (Phi) is 7.02. The Morgan fingerprint density at radius 1 is 0.452 bits per heavy atom. The third kappa shape index (κ3) is 4.89. The summed E-state index contributed by atoms with van der Waals surface area (Å²) in [5, 5.41) is 0. The van der Waals surface area contributed by atoms with Gasteiger partial charge in [-0.05, 0) is 117 Å². The first kappa shape index (κ1) is 22.3. The minimum absolute atomic E-state index is 0.560. The predicted octanol–water partition coefficient (Wildman–Crippen LogP) is 9.36. The maximum Gasteiger partial charge on any atom is -0.0230 e. The lowest BCUT2D eigenvalue weighted by Gasteiger charge is -2.40. The Bertz CT molecular complexity index is 572. The maximum atomic E-state index is 2.69. The summed E-state index contributed by atoms with van der Waals surface area (Å²) < 4.78 is 0. The molecule has 0 heterocycles. The number of hydrogen-bond donors (Lipinski definition) is 0. The second-order valence-corrected chi connectivity index (χ2v) is 13.1. The minimum atomic E-state index is 0.560. The van der Waals surface area contributed by atoms with Crippen LogP contribution < -0.4 is 0 Å². The van der Waals surface area contributed by atoms with E-state index in [1.165, 1.54) is 103 Å². The van der Waals surface area contributed by atoms with Gasteiger partial charge in [-0.3, -0.25) is 0 Å². The quantitative estimate of drug-likeness (QED) is 0.396. The number of allylic oxidation sites excluding steroid dienone is 4. The van der Waals surface area contributed by atoms with Crippen LogP contribution in [0.15, 0.2) is 24.3 Å². The van der Waals surface area contributed by atoms with Gasteiger partial charge in [0.15, 0.2) is 0 Å². The van der Waals surface area contributed by atoms with Crippen LogP contribution >= 0.6 is 0 Å². The van der Waals surface area contributed by atoms with Gasteiger partial charge in [0, 0.05) is 0 Å². The van der Waals surface area contributed by atoms with E-state index < -0.39 is 0 Å². The van der Waals surface area contributed by atoms with Crippen LogP contribution in [0.4, 0.5) is 0 Å². The van der Waals surface area contributed by atoms with E-state index in [2.05, 4.69) is 38.2 Å². The molecule has 0 aromatic carbocycles. The Morgan fingerprint density at radius 3 is 1.26 bits per heavy atom. The molecule has 31 heavy (non-hydrogen) atoms. The van der Waals surface area contributed by atoms with Gasteiger partial charge in [-0.1, -0.05) is 76.7 Å². The van der Waals surface area contributed by atoms with Crippen LogP contribution in [-0.2, 0) is 0 Å². The molecule has 6 unspecified atom stereocenters. The van der Waals surface area contributed by atoms with Gasteiger partial charge in [0.2, 0.25) is 0 Å². The highest BCUT2D eigenvalue weighted by Crippen LogP contribution is 2.64. The first-order valence-electron chi connectivity index (χ1n) is 14.5. The van der Waals surface area contributed by atoms with E-state index in [9.17, 15) is 0 Å². The highest BCUT2D eigenvalue weighted by Gasteiger charge is 2.57. The van der Waals surface area contributed by atoms with E-state index in [1.54, 1.807) is 0 Å². The van der Waals surface area contributed by atoms with Crippen LogP contribution in [0.5, 0.6) is 0 Å². The van der Waals surface area contributed by atoms with Crippen molar-refractivity contribution in [1.29, 1.82) is 0 Å². The van der Waals surface area contributed by atoms with E-state index >= 15 is 0 Å². The average molecular weight is 423 g/mol. The molecule has 174 valence electrons. The molecular weight excluding hydrogens is 372 g/mol. The molecule has 0 spiro atoms. The SMILES string of the molecule is CC1(C)C2CC(C=CC3CCCCC3)CCC2C2CCC(C=CC3CCCCC3)CC21. The highest BCUT2D eigenvalue weighted by atomic mass is 14.6. The zero-order chi connectivity index (χ0) is 21.3. The fraction of sp³-hybridized carbons (Fsp3) is 0.871. The van der Waals surface area contributed by atoms with E-state index in [4.69, 9.17) is 0 Å². The van der Waals surface area contributed by atoms with Gasteiger partial charge in [-0.2, -0.15) is 0 Å². The summed E-state index contributed by atoms with van der Waals surface area (Å²) in [5.74, 6) is 7.63. The van der Waals surface area contributed by atoms with E-state index in [0.29, 0.717) is 5.41 Å². The third-order valence-corrected chi connectivity index (χ3v) is 11.0. The highest BCUT2D eigenvalue weighted by molar-refractivity contribution is 5.10. The fourth-order valence-electron chi connectivity index (χ4n) is 9.10. The molecule has 5 fully saturated rings. The molecule has 6 atom stereocenters. The summed E-state index contributed by atoms with van der Waals surface area (Å²) >= 11 is 0. The smallest absolute Gasteiger partial charge is 0.0230 e. The summed E-state index contributed by atoms with van der Waals surface area (Å²) in [6.07, 6.45) is 34.4. The monoisotopic (exact) mass is 422 g/mol. The Hall–Kier alpha value is -0.520. The molecule has 5 aliphatic rings. The Morgan fingerprint density at radius 2 is 0.839 bits per heavy atom. The lowest BCUT2D eigenvalue weighted by molar-refractivity contribution is 0.105. The molecule has 0 aliphatic heterocycles. The third-order valence-electron chi connectivity index (χ3n) is 11.0. The van der Waals surface area contributed by atoms with Crippen molar-refractivity contribution in [2.75, 3.05) is 0 Å². The average Bonchev–Trinajstić information content (AvgIpc) is 3.04. The van der Waals surface area contributed by atoms with Gasteiger partial charge < -0.3 is 0 Å². The van der Waals surface area contributed by atoms with Crippen molar-refractivity contribution in [3.63, 3.8) is 0 Å². The maximum absolute atomic E-state index is 2.69. The van der Waals surface area contributed by atoms with E-state index in [0.717, 1.165) is 47.3 Å². The minimum Gasteiger partial charge on any atom is -0.0851 e. The predicted molar refractivity (Wildman–Crippen MR) is 134 cm³/mol. The zero-order valence-corrected chi connectivity index (χ0v) is 20.7. The summed E-state index contributed by atoms with van der Waals surface area (Å²) in [6.45, 7) is 5.35. The fourth-order valence-corrected chi connectivity index (χ4v) is 9.10. The normalized spacial score (nSPS) is 42.1. The van der Waals surface area contributed by atoms with Crippen molar-refractivity contribution in [2.24, 2.45) is 52.8 Å². The van der Waals surface area contributed by atoms with Gasteiger partial charge in [0.1, 0.15) is 0 Å². The molecule has 0 radical (unpaired) electrons. The van der Waals surface area contributed by atoms with Gasteiger partial charge >= 0.3 is 0 Å². The van der Waals surface area contributed by atoms with E-state index in [-0.39, 0.29) is 0 Å². The molecule has 0 heteroatoms. The largest absolute Gasteiger partial charge is 0.0851 e. The summed E-state index contributed by atoms with van der Waals surface area (Å²) in [6, 6.07) is 0. The first-order valence-corrected chi connectivity index (χ1v) is 14.5. The van der Waals surface area contributed by atoms with E-state index in [1.807, 2.05) is 0 Å². The zero-order valence-electron chi connectivity index (χ0n) is 20.7. The summed E-state index contributed by atoms with van der Waals surface area (Å²) in [5.41, 5.74) is 0.560. The standard InChI is InChI=1S/C31H50/c1-31(2)29-21-25(15-13-23-9-5-3-6-10-23)17-19-27(29)28-20-18-26(22-30(28)31)16-14-24-11-7-4-8-12-24/h13-16,23-30H,3-12,17-22H2,1-2H3. The van der Waals surface area contributed by atoms with Crippen molar-refractivity contribution >= 4 is 0 Å². The molecule has 0 nitrogen and oxygen atoms in total. The molecule has 0 bridgehead atoms. The molecule has 5 saturated carbocycles. The number of rotatable bonds is 4. The van der Waals surface area contributed by atoms with Crippen LogP contribution in [0.25, 0.3) is 0 Å². The molecule has 0 N–H and O–H groups in total. The molecule has 0 aromatic heterocycles. The van der Waals surface area contributed by atoms with Crippen molar-refractivity contribution in [2.45, 2.75) is 117 Å². The van der Waals surface area contributed by atoms with Crippen molar-refractivity contribution in [1.82, 2.24) is 0 Å². The van der Waals surface area contributed by atoms with Gasteiger partial charge in [-0.15, -0.1) is 0 Å². The van der Waals surface area contributed by atoms with Gasteiger partial charge in [-0.25, -0.2) is 0 Å². The lowest BCUT2D eigenvalue weighted by atomic mass is 9.65. The Labute approximate surface area is 193 Å². The van der Waals surface area contributed by atoms with Gasteiger partial charge in [0.05, 0.1) is 0 Å². The molecule has 5 aliphatic carbocycles. The topological polar surface area (TPSA) is 0 Å².